The molecular formula is C29H27FO5. The molecule has 0 bridgehead atoms. The maximum absolute atomic E-state index is 15.2. The Balaban J connectivity index is 1.69. The van der Waals surface area contributed by atoms with Crippen LogP contribution in [0.2, 0.25) is 0 Å². The third-order valence-corrected chi connectivity index (χ3v) is 5.87. The molecule has 1 heterocycles. The van der Waals surface area contributed by atoms with Crippen LogP contribution in [0, 0.1) is 5.82 Å². The Labute approximate surface area is 203 Å². The van der Waals surface area contributed by atoms with Crippen LogP contribution in [0.15, 0.2) is 65.3 Å². The van der Waals surface area contributed by atoms with Crippen LogP contribution in [0.3, 0.4) is 0 Å². The lowest BCUT2D eigenvalue weighted by molar-refractivity contribution is -0.142. The predicted molar refractivity (Wildman–Crippen MR) is 132 cm³/mol. The number of Topliss-reactive ketones (excluding diaryl/α,β-unsaturated/α-hetero) is 1. The van der Waals surface area contributed by atoms with E-state index in [0.717, 1.165) is 10.9 Å². The number of aryl methyl sites for hydroxylation is 1. The number of carbonyl (C=O) groups is 2. The molecule has 6 heteroatoms. The van der Waals surface area contributed by atoms with Gasteiger partial charge in [0.1, 0.15) is 23.8 Å². The van der Waals surface area contributed by atoms with Crippen molar-refractivity contribution < 1.29 is 27.9 Å². The smallest absolute Gasteiger partial charge is 0.310 e. The molecule has 4 aromatic rings. The lowest BCUT2D eigenvalue weighted by Crippen LogP contribution is -2.10. The number of halogens is 1. The number of furan rings is 1. The fourth-order valence-corrected chi connectivity index (χ4v) is 4.07. The van der Waals surface area contributed by atoms with E-state index >= 15 is 4.39 Å². The van der Waals surface area contributed by atoms with E-state index in [-0.39, 0.29) is 37.2 Å². The number of hydrogen-bond acceptors (Lipinski definition) is 5. The molecule has 1 aromatic heterocycles. The van der Waals surface area contributed by atoms with Crippen molar-refractivity contribution in [2.45, 2.75) is 40.2 Å². The van der Waals surface area contributed by atoms with Gasteiger partial charge in [-0.3, -0.25) is 9.59 Å². The van der Waals surface area contributed by atoms with Crippen molar-refractivity contribution in [1.29, 1.82) is 0 Å². The molecule has 0 N–H and O–H groups in total. The molecule has 0 radical (unpaired) electrons. The Bertz CT molecular complexity index is 1390. The lowest BCUT2D eigenvalue weighted by Gasteiger charge is -2.14. The Morgan fingerprint density at radius 1 is 0.971 bits per heavy atom. The first kappa shape index (κ1) is 24.2. The highest BCUT2D eigenvalue weighted by Gasteiger charge is 2.17. The van der Waals surface area contributed by atoms with Gasteiger partial charge in [0, 0.05) is 27.6 Å². The van der Waals surface area contributed by atoms with Gasteiger partial charge in [-0.15, -0.1) is 0 Å². The van der Waals surface area contributed by atoms with Gasteiger partial charge < -0.3 is 13.9 Å². The van der Waals surface area contributed by atoms with Crippen LogP contribution in [0.1, 0.15) is 47.8 Å². The minimum atomic E-state index is -0.374. The van der Waals surface area contributed by atoms with Crippen molar-refractivity contribution in [3.05, 3.63) is 88.9 Å². The van der Waals surface area contributed by atoms with Crippen LogP contribution < -0.4 is 4.74 Å². The Hall–Kier alpha value is -3.93. The van der Waals surface area contributed by atoms with Gasteiger partial charge in [0.25, 0.3) is 0 Å². The fourth-order valence-electron chi connectivity index (χ4n) is 4.07. The number of esters is 1. The average molecular weight is 475 g/mol. The number of ether oxygens (including phenoxy) is 2. The van der Waals surface area contributed by atoms with E-state index in [4.69, 9.17) is 13.9 Å². The number of benzene rings is 3. The number of rotatable bonds is 9. The summed E-state index contributed by atoms with van der Waals surface area (Å²) in [5.41, 5.74) is 4.24. The quantitative estimate of drug-likeness (QED) is 0.200. The van der Waals surface area contributed by atoms with E-state index in [0.29, 0.717) is 45.6 Å². The molecule has 35 heavy (non-hydrogen) atoms. The number of hydrogen-bond donors (Lipinski definition) is 0. The van der Waals surface area contributed by atoms with Gasteiger partial charge in [-0.25, -0.2) is 4.39 Å². The van der Waals surface area contributed by atoms with Gasteiger partial charge >= 0.3 is 5.97 Å². The lowest BCUT2D eigenvalue weighted by atomic mass is 9.97. The molecule has 0 aliphatic rings. The van der Waals surface area contributed by atoms with Crippen LogP contribution in [0.4, 0.5) is 4.39 Å². The zero-order chi connectivity index (χ0) is 24.9. The van der Waals surface area contributed by atoms with E-state index in [1.165, 1.54) is 6.92 Å². The van der Waals surface area contributed by atoms with Crippen molar-refractivity contribution in [2.24, 2.45) is 0 Å². The second kappa shape index (κ2) is 10.6. The van der Waals surface area contributed by atoms with Gasteiger partial charge in [-0.1, -0.05) is 37.3 Å². The molecule has 5 nitrogen and oxygen atoms in total. The van der Waals surface area contributed by atoms with Crippen molar-refractivity contribution in [1.82, 2.24) is 0 Å². The summed E-state index contributed by atoms with van der Waals surface area (Å²) in [4.78, 5) is 24.0. The zero-order valence-electron chi connectivity index (χ0n) is 20.0. The number of carbonyl (C=O) groups excluding carboxylic acids is 2. The largest absolute Gasteiger partial charge is 0.489 e. The maximum atomic E-state index is 15.2. The first-order chi connectivity index (χ1) is 16.9. The molecule has 3 aromatic carbocycles. The van der Waals surface area contributed by atoms with E-state index in [1.807, 2.05) is 31.2 Å². The van der Waals surface area contributed by atoms with Gasteiger partial charge in [-0.05, 0) is 55.7 Å². The highest BCUT2D eigenvalue weighted by Crippen LogP contribution is 2.34. The highest BCUT2D eigenvalue weighted by molar-refractivity contribution is 5.95. The molecule has 180 valence electrons. The van der Waals surface area contributed by atoms with Crippen molar-refractivity contribution in [3.8, 4) is 16.9 Å². The molecule has 0 saturated carbocycles. The molecule has 0 fully saturated rings. The van der Waals surface area contributed by atoms with Gasteiger partial charge in [-0.2, -0.15) is 0 Å². The third-order valence-electron chi connectivity index (χ3n) is 5.87. The molecule has 0 atom stereocenters. The van der Waals surface area contributed by atoms with E-state index in [1.54, 1.807) is 43.5 Å². The van der Waals surface area contributed by atoms with E-state index in [2.05, 4.69) is 0 Å². The first-order valence-electron chi connectivity index (χ1n) is 11.6. The first-order valence-corrected chi connectivity index (χ1v) is 11.6. The summed E-state index contributed by atoms with van der Waals surface area (Å²) in [7, 11) is 0. The van der Waals surface area contributed by atoms with Crippen molar-refractivity contribution >= 4 is 22.7 Å². The highest BCUT2D eigenvalue weighted by atomic mass is 19.1. The SMILES string of the molecule is CCOC(=O)Cc1ccc(C(C)=O)cc1OCc1cc(-c2cccc(CC)c2F)c2occc2c1. The van der Waals surface area contributed by atoms with Gasteiger partial charge in [0.15, 0.2) is 5.78 Å². The molecule has 0 saturated heterocycles. The summed E-state index contributed by atoms with van der Waals surface area (Å²) >= 11 is 0. The monoisotopic (exact) mass is 474 g/mol. The van der Waals surface area contributed by atoms with E-state index < -0.39 is 0 Å². The molecule has 4 rings (SSSR count). The van der Waals surface area contributed by atoms with Gasteiger partial charge in [0.05, 0.1) is 19.3 Å². The summed E-state index contributed by atoms with van der Waals surface area (Å²) < 4.78 is 32.0. The van der Waals surface area contributed by atoms with E-state index in [9.17, 15) is 9.59 Å². The third kappa shape index (κ3) is 5.27. The molecule has 0 spiro atoms. The number of fused-ring (bicyclic) bond motifs is 1. The van der Waals surface area contributed by atoms with Crippen LogP contribution in [0.25, 0.3) is 22.1 Å². The maximum Gasteiger partial charge on any atom is 0.310 e. The fraction of sp³-hybridized carbons (Fsp3) is 0.241. The summed E-state index contributed by atoms with van der Waals surface area (Å²) in [6.45, 7) is 5.57. The molecule has 0 amide bonds. The molecule has 0 aliphatic carbocycles. The minimum absolute atomic E-state index is 0.0302. The summed E-state index contributed by atoms with van der Waals surface area (Å²) in [6, 6.07) is 16.0. The topological polar surface area (TPSA) is 65.7 Å². The Morgan fingerprint density at radius 2 is 1.80 bits per heavy atom. The zero-order valence-corrected chi connectivity index (χ0v) is 20.0. The summed E-state index contributed by atoms with van der Waals surface area (Å²) in [6.07, 6.45) is 2.19. The van der Waals surface area contributed by atoms with Crippen molar-refractivity contribution in [3.63, 3.8) is 0 Å². The minimum Gasteiger partial charge on any atom is -0.489 e. The molecule has 0 aliphatic heterocycles. The normalized spacial score (nSPS) is 11.0. The van der Waals surface area contributed by atoms with Crippen LogP contribution in [0.5, 0.6) is 5.75 Å². The second-order valence-corrected chi connectivity index (χ2v) is 8.26. The van der Waals surface area contributed by atoms with Crippen LogP contribution in [-0.2, 0) is 29.0 Å². The standard InChI is InChI=1S/C29H27FO5/c1-4-20-7-6-8-24(28(20)30)25-14-19(13-23-11-12-34-29(23)25)17-35-26-15-21(18(3)31)9-10-22(26)16-27(32)33-5-2/h6-15H,4-5,16-17H2,1-3H3. The summed E-state index contributed by atoms with van der Waals surface area (Å²) in [5, 5.41) is 0.826. The van der Waals surface area contributed by atoms with Crippen molar-refractivity contribution in [2.75, 3.05) is 6.61 Å². The molecular weight excluding hydrogens is 447 g/mol. The van der Waals surface area contributed by atoms with Crippen LogP contribution in [-0.4, -0.2) is 18.4 Å². The van der Waals surface area contributed by atoms with Gasteiger partial charge in [0.2, 0.25) is 0 Å². The molecule has 0 unspecified atom stereocenters. The van der Waals surface area contributed by atoms with Crippen LogP contribution >= 0.6 is 0 Å². The number of ketones is 1. The Kier molecular flexibility index (Phi) is 7.30. The summed E-state index contributed by atoms with van der Waals surface area (Å²) in [5.74, 6) is -0.317. The average Bonchev–Trinajstić information content (AvgIpc) is 3.32. The Morgan fingerprint density at radius 3 is 2.54 bits per heavy atom. The predicted octanol–water partition coefficient (Wildman–Crippen LogP) is 6.69. The second-order valence-electron chi connectivity index (χ2n) is 8.26.